The number of benzene rings is 3. The minimum atomic E-state index is 0.690. The van der Waals surface area contributed by atoms with E-state index in [9.17, 15) is 0 Å². The summed E-state index contributed by atoms with van der Waals surface area (Å²) in [5, 5.41) is 9.04. The lowest BCUT2D eigenvalue weighted by molar-refractivity contribution is 0.368. The van der Waals surface area contributed by atoms with E-state index in [1.807, 2.05) is 24.3 Å². The zero-order chi connectivity index (χ0) is 37.8. The smallest absolute Gasteiger partial charge is 0.0991 e. The molecule has 0 unspecified atom stereocenters. The van der Waals surface area contributed by atoms with Gasteiger partial charge in [0.1, 0.15) is 0 Å². The molecule has 0 radical (unpaired) electrons. The van der Waals surface area contributed by atoms with Crippen LogP contribution in [0.3, 0.4) is 0 Å². The maximum Gasteiger partial charge on any atom is 0.0991 e. The molecule has 2 nitrogen and oxygen atoms in total. The summed E-state index contributed by atoms with van der Waals surface area (Å²) >= 11 is 0. The molecule has 0 atom stereocenters. The zero-order valence-corrected chi connectivity index (χ0v) is 34.3. The fraction of sp³-hybridized carbons (Fsp3) is 0.549. The number of nitrogens with zero attached hydrogens (tertiary/aromatic N) is 2. The third-order valence-electron chi connectivity index (χ3n) is 11.0. The number of rotatable bonds is 29. The normalized spacial score (nSPS) is 11.7. The minimum Gasteiger partial charge on any atom is -0.371 e. The molecule has 2 heteroatoms. The van der Waals surface area contributed by atoms with Gasteiger partial charge in [0.25, 0.3) is 0 Å². The van der Waals surface area contributed by atoms with Crippen molar-refractivity contribution in [2.24, 2.45) is 11.8 Å². The van der Waals surface area contributed by atoms with Crippen LogP contribution in [0.1, 0.15) is 184 Å². The molecule has 0 aliphatic rings. The molecule has 0 heterocycles. The first-order chi connectivity index (χ1) is 26.1. The highest BCUT2D eigenvalue weighted by molar-refractivity contribution is 5.73. The molecule has 0 N–H and O–H groups in total. The molecule has 3 rings (SSSR count). The molecule has 0 aromatic heterocycles. The summed E-state index contributed by atoms with van der Waals surface area (Å²) in [6, 6.07) is 28.1. The SMILES string of the molecule is CCCCCCC(CCCCCC)CN(CC(CCCCCC)CCCCCC)c1ccc(/C=C/c2ccc(/C=C/c3ccc(C#N)cc3)cc2)cc1. The predicted molar refractivity (Wildman–Crippen MR) is 236 cm³/mol. The predicted octanol–water partition coefficient (Wildman–Crippen LogP) is 15.8. The summed E-state index contributed by atoms with van der Waals surface area (Å²) in [6.45, 7) is 11.7. The van der Waals surface area contributed by atoms with Crippen LogP contribution in [0, 0.1) is 23.2 Å². The molecule has 0 aliphatic heterocycles. The standard InChI is InChI=1S/C51H74N2/c1-5-9-13-17-21-49(22-18-14-10-6-2)42-53(43-50(23-19-15-11-7-3)24-20-16-12-8-4)51-39-37-47(38-40-51)32-31-45-27-25-44(26-28-45)29-30-46-33-35-48(41-52)36-34-46/h25-40,49-50H,5-24,42-43H2,1-4H3/b30-29+,32-31+. The number of nitriles is 1. The van der Waals surface area contributed by atoms with Gasteiger partial charge in [0.05, 0.1) is 11.6 Å². The highest BCUT2D eigenvalue weighted by Gasteiger charge is 2.19. The second-order valence-corrected chi connectivity index (χ2v) is 15.7. The number of unbranched alkanes of at least 4 members (excludes halogenated alkanes) is 12. The van der Waals surface area contributed by atoms with E-state index in [2.05, 4.69) is 111 Å². The van der Waals surface area contributed by atoms with Crippen molar-refractivity contribution >= 4 is 30.0 Å². The van der Waals surface area contributed by atoms with Crippen LogP contribution in [0.25, 0.3) is 24.3 Å². The molecule has 0 amide bonds. The molecule has 0 saturated carbocycles. The van der Waals surface area contributed by atoms with Crippen molar-refractivity contribution in [2.75, 3.05) is 18.0 Å². The monoisotopic (exact) mass is 715 g/mol. The summed E-state index contributed by atoms with van der Waals surface area (Å²) < 4.78 is 0. The molecular weight excluding hydrogens is 641 g/mol. The van der Waals surface area contributed by atoms with Crippen molar-refractivity contribution in [3.8, 4) is 6.07 Å². The maximum absolute atomic E-state index is 9.04. The van der Waals surface area contributed by atoms with E-state index in [4.69, 9.17) is 5.26 Å². The van der Waals surface area contributed by atoms with Crippen molar-refractivity contribution in [2.45, 2.75) is 156 Å². The average molecular weight is 715 g/mol. The van der Waals surface area contributed by atoms with Gasteiger partial charge in [-0.25, -0.2) is 0 Å². The molecule has 0 bridgehead atoms. The van der Waals surface area contributed by atoms with Crippen LogP contribution in [0.15, 0.2) is 72.8 Å². The van der Waals surface area contributed by atoms with Crippen LogP contribution >= 0.6 is 0 Å². The largest absolute Gasteiger partial charge is 0.371 e. The maximum atomic E-state index is 9.04. The lowest BCUT2D eigenvalue weighted by Gasteiger charge is -2.33. The third kappa shape index (κ3) is 18.8. The fourth-order valence-corrected chi connectivity index (χ4v) is 7.57. The van der Waals surface area contributed by atoms with E-state index >= 15 is 0 Å². The van der Waals surface area contributed by atoms with Crippen LogP contribution in [0.5, 0.6) is 0 Å². The molecule has 288 valence electrons. The number of anilines is 1. The van der Waals surface area contributed by atoms with Gasteiger partial charge in [-0.05, 0) is 84.0 Å². The van der Waals surface area contributed by atoms with Crippen LogP contribution in [0.4, 0.5) is 5.69 Å². The van der Waals surface area contributed by atoms with E-state index in [1.165, 1.54) is 164 Å². The highest BCUT2D eigenvalue weighted by atomic mass is 15.1. The molecule has 3 aromatic carbocycles. The molecule has 53 heavy (non-hydrogen) atoms. The molecule has 0 spiro atoms. The summed E-state index contributed by atoms with van der Waals surface area (Å²) in [5.41, 5.74) is 6.83. The van der Waals surface area contributed by atoms with Gasteiger partial charge in [-0.15, -0.1) is 0 Å². The molecule has 0 aliphatic carbocycles. The van der Waals surface area contributed by atoms with Gasteiger partial charge in [0, 0.05) is 18.8 Å². The molecule has 0 fully saturated rings. The number of hydrogen-bond donors (Lipinski definition) is 0. The van der Waals surface area contributed by atoms with Gasteiger partial charge >= 0.3 is 0 Å². The molecular formula is C51H74N2. The summed E-state index contributed by atoms with van der Waals surface area (Å²) in [6.07, 6.45) is 36.1. The fourth-order valence-electron chi connectivity index (χ4n) is 7.57. The Balaban J connectivity index is 1.75. The Kier molecular flexibility index (Phi) is 23.1. The van der Waals surface area contributed by atoms with E-state index in [0.717, 1.165) is 17.4 Å². The zero-order valence-electron chi connectivity index (χ0n) is 34.3. The second-order valence-electron chi connectivity index (χ2n) is 15.7. The van der Waals surface area contributed by atoms with E-state index in [-0.39, 0.29) is 0 Å². The minimum absolute atomic E-state index is 0.690. The van der Waals surface area contributed by atoms with Crippen molar-refractivity contribution in [3.05, 3.63) is 101 Å². The van der Waals surface area contributed by atoms with E-state index in [1.54, 1.807) is 0 Å². The van der Waals surface area contributed by atoms with Crippen LogP contribution in [0.2, 0.25) is 0 Å². The topological polar surface area (TPSA) is 27.0 Å². The molecule has 0 saturated heterocycles. The van der Waals surface area contributed by atoms with Gasteiger partial charge in [0.15, 0.2) is 0 Å². The van der Waals surface area contributed by atoms with Crippen LogP contribution < -0.4 is 4.90 Å². The Hall–Kier alpha value is -3.57. The first-order valence-corrected chi connectivity index (χ1v) is 21.9. The summed E-state index contributed by atoms with van der Waals surface area (Å²) in [5.74, 6) is 1.57. The Labute approximate surface area is 326 Å². The molecule has 3 aromatic rings. The van der Waals surface area contributed by atoms with Crippen molar-refractivity contribution < 1.29 is 0 Å². The van der Waals surface area contributed by atoms with Gasteiger partial charge in [-0.3, -0.25) is 0 Å². The second kappa shape index (κ2) is 28.0. The first-order valence-electron chi connectivity index (χ1n) is 21.9. The Morgan fingerprint density at radius 2 is 0.736 bits per heavy atom. The van der Waals surface area contributed by atoms with Crippen molar-refractivity contribution in [1.29, 1.82) is 5.26 Å². The Bertz CT molecular complexity index is 1370. The van der Waals surface area contributed by atoms with Crippen molar-refractivity contribution in [1.82, 2.24) is 0 Å². The average Bonchev–Trinajstić information content (AvgIpc) is 3.19. The summed E-state index contributed by atoms with van der Waals surface area (Å²) in [7, 11) is 0. The highest BCUT2D eigenvalue weighted by Crippen LogP contribution is 2.28. The lowest BCUT2D eigenvalue weighted by atomic mass is 9.91. The quantitative estimate of drug-likeness (QED) is 0.0529. The van der Waals surface area contributed by atoms with E-state index in [0.29, 0.717) is 5.56 Å². The summed E-state index contributed by atoms with van der Waals surface area (Å²) in [4.78, 5) is 2.83. The van der Waals surface area contributed by atoms with Crippen LogP contribution in [-0.2, 0) is 0 Å². The number of hydrogen-bond acceptors (Lipinski definition) is 2. The van der Waals surface area contributed by atoms with E-state index < -0.39 is 0 Å². The van der Waals surface area contributed by atoms with Gasteiger partial charge < -0.3 is 4.90 Å². The van der Waals surface area contributed by atoms with Crippen LogP contribution in [-0.4, -0.2) is 13.1 Å². The van der Waals surface area contributed by atoms with Crippen molar-refractivity contribution in [3.63, 3.8) is 0 Å². The lowest BCUT2D eigenvalue weighted by Crippen LogP contribution is -2.34. The first kappa shape index (κ1) is 43.8. The van der Waals surface area contributed by atoms with Gasteiger partial charge in [0.2, 0.25) is 0 Å². The third-order valence-corrected chi connectivity index (χ3v) is 11.0. The Morgan fingerprint density at radius 1 is 0.434 bits per heavy atom. The van der Waals surface area contributed by atoms with Gasteiger partial charge in [-0.1, -0.05) is 203 Å². The van der Waals surface area contributed by atoms with Gasteiger partial charge in [-0.2, -0.15) is 5.26 Å². The Morgan fingerprint density at radius 3 is 1.04 bits per heavy atom.